The zero-order valence-corrected chi connectivity index (χ0v) is 27.2. The Kier molecular flexibility index (Phi) is 7.65. The number of nitrogens with zero attached hydrogens (tertiary/aromatic N) is 5. The number of hydrogen-bond acceptors (Lipinski definition) is 8. The van der Waals surface area contributed by atoms with Gasteiger partial charge in [0.25, 0.3) is 17.7 Å². The topological polar surface area (TPSA) is 157 Å². The number of carbonyl (C=O) groups excluding carboxylic acids is 5. The third kappa shape index (κ3) is 5.43. The number of carbonyl (C=O) groups is 5. The molecule has 4 aliphatic rings. The standard InChI is InChI=1S/C36H37N7O5/c1-20-24(17-38-43(20)36(2,3)35(48)39-29-11-5-21(16-37)14-27(29)23-7-8-23)6-4-22-18-41(19-22)25-9-10-26-28(15-25)34(47)42(33(26)46)30-12-13-31(44)40-32(30)45/h5,9-11,14-15,17,22-23,30H,4,6-8,12-13,18-19H2,1-3H3,(H,39,48)(H,40,44,45). The molecule has 1 aliphatic carbocycles. The van der Waals surface area contributed by atoms with E-state index >= 15 is 0 Å². The highest BCUT2D eigenvalue weighted by molar-refractivity contribution is 6.23. The second-order valence-electron chi connectivity index (χ2n) is 13.9. The van der Waals surface area contributed by atoms with Crippen molar-refractivity contribution >= 4 is 40.9 Å². The van der Waals surface area contributed by atoms with Gasteiger partial charge in [0.05, 0.1) is 29.0 Å². The predicted molar refractivity (Wildman–Crippen MR) is 175 cm³/mol. The number of fused-ring (bicyclic) bond motifs is 1. The van der Waals surface area contributed by atoms with Crippen LogP contribution in [0.4, 0.5) is 11.4 Å². The number of nitrogens with one attached hydrogen (secondary N) is 2. The molecule has 246 valence electrons. The van der Waals surface area contributed by atoms with Gasteiger partial charge in [0, 0.05) is 36.6 Å². The highest BCUT2D eigenvalue weighted by Gasteiger charge is 2.45. The molecule has 1 saturated carbocycles. The molecular formula is C36H37N7O5. The van der Waals surface area contributed by atoms with E-state index in [0.717, 1.165) is 71.9 Å². The summed E-state index contributed by atoms with van der Waals surface area (Å²) in [5, 5.41) is 19.3. The number of rotatable bonds is 9. The fourth-order valence-corrected chi connectivity index (χ4v) is 7.08. The van der Waals surface area contributed by atoms with Crippen LogP contribution in [0, 0.1) is 24.2 Å². The quantitative estimate of drug-likeness (QED) is 0.332. The first-order valence-corrected chi connectivity index (χ1v) is 16.5. The van der Waals surface area contributed by atoms with Crippen LogP contribution in [0.1, 0.15) is 95.0 Å². The summed E-state index contributed by atoms with van der Waals surface area (Å²) in [6.45, 7) is 7.30. The Bertz CT molecular complexity index is 1930. The van der Waals surface area contributed by atoms with Gasteiger partial charge in [0.1, 0.15) is 11.6 Å². The second-order valence-corrected chi connectivity index (χ2v) is 13.9. The van der Waals surface area contributed by atoms with E-state index in [1.165, 1.54) is 0 Å². The third-order valence-corrected chi connectivity index (χ3v) is 10.2. The van der Waals surface area contributed by atoms with Gasteiger partial charge in [0.2, 0.25) is 11.8 Å². The molecule has 2 saturated heterocycles. The predicted octanol–water partition coefficient (Wildman–Crippen LogP) is 3.78. The molecule has 2 aromatic carbocycles. The van der Waals surface area contributed by atoms with Crippen molar-refractivity contribution in [2.24, 2.45) is 5.92 Å². The summed E-state index contributed by atoms with van der Waals surface area (Å²) < 4.78 is 1.78. The minimum atomic E-state index is -0.984. The first kappa shape index (κ1) is 31.3. The second kappa shape index (κ2) is 11.7. The van der Waals surface area contributed by atoms with Crippen LogP contribution in [0.5, 0.6) is 0 Å². The van der Waals surface area contributed by atoms with Crippen molar-refractivity contribution in [2.45, 2.75) is 76.8 Å². The van der Waals surface area contributed by atoms with Crippen LogP contribution < -0.4 is 15.5 Å². The molecule has 3 aliphatic heterocycles. The van der Waals surface area contributed by atoms with Gasteiger partial charge >= 0.3 is 0 Å². The molecule has 1 atom stereocenters. The molecule has 0 radical (unpaired) electrons. The molecule has 12 nitrogen and oxygen atoms in total. The van der Waals surface area contributed by atoms with Crippen LogP contribution in [-0.4, -0.2) is 63.3 Å². The molecule has 3 fully saturated rings. The number of amides is 5. The molecule has 7 rings (SSSR count). The number of hydrogen-bond donors (Lipinski definition) is 2. The fraction of sp³-hybridized carbons (Fsp3) is 0.417. The van der Waals surface area contributed by atoms with E-state index in [4.69, 9.17) is 0 Å². The lowest BCUT2D eigenvalue weighted by molar-refractivity contribution is -0.136. The average Bonchev–Trinajstić information content (AvgIpc) is 3.78. The van der Waals surface area contributed by atoms with E-state index in [1.54, 1.807) is 22.9 Å². The van der Waals surface area contributed by atoms with Crippen molar-refractivity contribution in [1.82, 2.24) is 20.0 Å². The molecule has 1 unspecified atom stereocenters. The first-order valence-electron chi connectivity index (χ1n) is 16.5. The molecule has 1 aromatic heterocycles. The number of aromatic nitrogens is 2. The SMILES string of the molecule is Cc1c(CCC2CN(c3ccc4c(c3)C(=O)N(C3CCC(=O)NC3=O)C4=O)C2)cnn1C(C)(C)C(=O)Nc1ccc(C#N)cc1C1CC1. The Morgan fingerprint density at radius 1 is 1.04 bits per heavy atom. The Labute approximate surface area is 278 Å². The lowest BCUT2D eigenvalue weighted by Gasteiger charge is -2.41. The maximum absolute atomic E-state index is 13.6. The van der Waals surface area contributed by atoms with Crippen LogP contribution in [0.3, 0.4) is 0 Å². The van der Waals surface area contributed by atoms with E-state index < -0.39 is 35.2 Å². The van der Waals surface area contributed by atoms with E-state index in [-0.39, 0.29) is 29.9 Å². The molecule has 0 bridgehead atoms. The summed E-state index contributed by atoms with van der Waals surface area (Å²) in [6.07, 6.45) is 5.90. The normalized spacial score (nSPS) is 19.6. The lowest BCUT2D eigenvalue weighted by atomic mass is 9.91. The van der Waals surface area contributed by atoms with Gasteiger partial charge in [-0.05, 0) is 112 Å². The lowest BCUT2D eigenvalue weighted by Crippen LogP contribution is -2.54. The number of anilines is 2. The summed E-state index contributed by atoms with van der Waals surface area (Å²) in [4.78, 5) is 66.9. The Morgan fingerprint density at radius 3 is 2.50 bits per heavy atom. The number of aryl methyl sites for hydroxylation is 1. The van der Waals surface area contributed by atoms with Crippen molar-refractivity contribution in [2.75, 3.05) is 23.3 Å². The largest absolute Gasteiger partial charge is 0.371 e. The zero-order valence-electron chi connectivity index (χ0n) is 27.2. The van der Waals surface area contributed by atoms with Crippen molar-refractivity contribution < 1.29 is 24.0 Å². The smallest absolute Gasteiger partial charge is 0.262 e. The fourth-order valence-electron chi connectivity index (χ4n) is 7.08. The molecule has 4 heterocycles. The number of imide groups is 2. The van der Waals surface area contributed by atoms with Crippen LogP contribution >= 0.6 is 0 Å². The van der Waals surface area contributed by atoms with Gasteiger partial charge in [-0.2, -0.15) is 10.4 Å². The van der Waals surface area contributed by atoms with Crippen molar-refractivity contribution in [1.29, 1.82) is 5.26 Å². The Balaban J connectivity index is 0.955. The Morgan fingerprint density at radius 2 is 1.79 bits per heavy atom. The van der Waals surface area contributed by atoms with Crippen molar-refractivity contribution in [3.63, 3.8) is 0 Å². The minimum Gasteiger partial charge on any atom is -0.371 e. The molecule has 3 aromatic rings. The van der Waals surface area contributed by atoms with Gasteiger partial charge in [-0.15, -0.1) is 0 Å². The van der Waals surface area contributed by atoms with Crippen LogP contribution in [0.15, 0.2) is 42.6 Å². The van der Waals surface area contributed by atoms with Gasteiger partial charge < -0.3 is 10.2 Å². The molecule has 12 heteroatoms. The summed E-state index contributed by atoms with van der Waals surface area (Å²) >= 11 is 0. The average molecular weight is 648 g/mol. The molecule has 5 amide bonds. The van der Waals surface area contributed by atoms with E-state index in [2.05, 4.69) is 26.7 Å². The zero-order chi connectivity index (χ0) is 33.9. The third-order valence-electron chi connectivity index (χ3n) is 10.2. The molecule has 2 N–H and O–H groups in total. The highest BCUT2D eigenvalue weighted by Crippen LogP contribution is 2.44. The summed E-state index contributed by atoms with van der Waals surface area (Å²) in [5.74, 6) is -1.41. The van der Waals surface area contributed by atoms with E-state index in [9.17, 15) is 29.2 Å². The minimum absolute atomic E-state index is 0.0820. The van der Waals surface area contributed by atoms with E-state index in [0.29, 0.717) is 17.4 Å². The van der Waals surface area contributed by atoms with Crippen molar-refractivity contribution in [3.05, 3.63) is 76.1 Å². The summed E-state index contributed by atoms with van der Waals surface area (Å²) in [5.41, 5.74) is 4.84. The summed E-state index contributed by atoms with van der Waals surface area (Å²) in [7, 11) is 0. The number of benzene rings is 2. The maximum Gasteiger partial charge on any atom is 0.262 e. The van der Waals surface area contributed by atoms with Gasteiger partial charge in [-0.1, -0.05) is 0 Å². The Hall–Kier alpha value is -5.31. The highest BCUT2D eigenvalue weighted by atomic mass is 16.2. The van der Waals surface area contributed by atoms with Crippen molar-refractivity contribution in [3.8, 4) is 6.07 Å². The number of piperidine rings is 1. The van der Waals surface area contributed by atoms with E-state index in [1.807, 2.05) is 45.2 Å². The maximum atomic E-state index is 13.6. The molecule has 0 spiro atoms. The van der Waals surface area contributed by atoms with Gasteiger partial charge in [-0.3, -0.25) is 38.9 Å². The monoisotopic (exact) mass is 647 g/mol. The van der Waals surface area contributed by atoms with Gasteiger partial charge in [-0.25, -0.2) is 0 Å². The number of nitriles is 1. The summed E-state index contributed by atoms with van der Waals surface area (Å²) in [6, 6.07) is 11.8. The molecule has 48 heavy (non-hydrogen) atoms. The van der Waals surface area contributed by atoms with Crippen LogP contribution in [-0.2, 0) is 26.3 Å². The van der Waals surface area contributed by atoms with Gasteiger partial charge in [0.15, 0.2) is 0 Å². The molecular weight excluding hydrogens is 610 g/mol. The van der Waals surface area contributed by atoms with Crippen LogP contribution in [0.25, 0.3) is 0 Å². The first-order chi connectivity index (χ1) is 23.0. The van der Waals surface area contributed by atoms with Crippen LogP contribution in [0.2, 0.25) is 0 Å².